The number of fused-ring (bicyclic) bond motifs is 6. The number of aromatic nitrogens is 2. The number of rotatable bonds is 18. The normalized spacial score (nSPS) is 11.4. The number of unbranched alkanes of at least 4 members (excludes halogenated alkanes) is 6. The van der Waals surface area contributed by atoms with E-state index in [4.69, 9.17) is 21.0 Å². The van der Waals surface area contributed by atoms with E-state index in [1.807, 2.05) is 24.3 Å². The summed E-state index contributed by atoms with van der Waals surface area (Å²) < 4.78 is 15.3. The van der Waals surface area contributed by atoms with Gasteiger partial charge < -0.3 is 9.47 Å². The Balaban J connectivity index is 1.38. The number of halogens is 2. The van der Waals surface area contributed by atoms with Gasteiger partial charge in [0.2, 0.25) is 0 Å². The van der Waals surface area contributed by atoms with E-state index in [-0.39, 0.29) is 0 Å². The zero-order valence-corrected chi connectivity index (χ0v) is 38.2. The van der Waals surface area contributed by atoms with Crippen LogP contribution < -0.4 is 9.47 Å². The number of nitrogens with zero attached hydrogens (tertiary/aromatic N) is 3. The van der Waals surface area contributed by atoms with Crippen molar-refractivity contribution in [2.45, 2.75) is 75.9 Å². The van der Waals surface area contributed by atoms with Crippen molar-refractivity contribution in [3.63, 3.8) is 0 Å². The Kier molecular flexibility index (Phi) is 13.8. The number of hydrogen-bond acceptors (Lipinski definition) is 3. The first-order valence-corrected chi connectivity index (χ1v) is 23.9. The molecule has 7 aromatic carbocycles. The van der Waals surface area contributed by atoms with E-state index in [0.717, 1.165) is 120 Å². The van der Waals surface area contributed by atoms with Gasteiger partial charge in [0.05, 0.1) is 30.8 Å². The fourth-order valence-corrected chi connectivity index (χ4v) is 8.91. The Morgan fingerprint density at radius 3 is 1.61 bits per heavy atom. The average Bonchev–Trinajstić information content (AvgIpc) is 3.73. The highest BCUT2D eigenvalue weighted by Crippen LogP contribution is 2.43. The predicted molar refractivity (Wildman–Crippen MR) is 263 cm³/mol. The Bertz CT molecular complexity index is 2800. The summed E-state index contributed by atoms with van der Waals surface area (Å²) in [5, 5.41) is 6.11. The van der Waals surface area contributed by atoms with Crippen LogP contribution >= 0.6 is 31.9 Å². The Labute approximate surface area is 376 Å². The summed E-state index contributed by atoms with van der Waals surface area (Å²) in [6.45, 7) is 13.5. The molecule has 1 aromatic heterocycles. The minimum absolute atomic E-state index is 0.592. The molecule has 0 saturated carbocycles. The number of ether oxygens (including phenoxy) is 2. The number of hydrogen-bond donors (Lipinski definition) is 0. The molecule has 0 spiro atoms. The molecule has 0 unspecified atom stereocenters. The molecule has 0 aliphatic carbocycles. The molecule has 0 aliphatic rings. The quantitative estimate of drug-likeness (QED) is 0.0372. The molecular weight excluding hydrogens is 882 g/mol. The fourth-order valence-electron chi connectivity index (χ4n) is 8.16. The molecule has 0 amide bonds. The van der Waals surface area contributed by atoms with E-state index in [0.29, 0.717) is 18.9 Å². The molecule has 8 rings (SSSR count). The van der Waals surface area contributed by atoms with Crippen LogP contribution in [0.25, 0.3) is 76.8 Å². The van der Waals surface area contributed by atoms with Crippen molar-refractivity contribution >= 4 is 70.1 Å². The summed E-state index contributed by atoms with van der Waals surface area (Å²) in [7, 11) is 0. The zero-order valence-electron chi connectivity index (χ0n) is 35.0. The van der Waals surface area contributed by atoms with Crippen LogP contribution in [0.2, 0.25) is 0 Å². The largest absolute Gasteiger partial charge is 0.490 e. The van der Waals surface area contributed by atoms with Gasteiger partial charge in [0.25, 0.3) is 0 Å². The van der Waals surface area contributed by atoms with Gasteiger partial charge >= 0.3 is 0 Å². The smallest absolute Gasteiger partial charge is 0.187 e. The lowest BCUT2D eigenvalue weighted by atomic mass is 9.93. The maximum absolute atomic E-state index is 7.73. The van der Waals surface area contributed by atoms with Gasteiger partial charge in [-0.1, -0.05) is 169 Å². The van der Waals surface area contributed by atoms with Crippen molar-refractivity contribution in [2.24, 2.45) is 0 Å². The molecule has 61 heavy (non-hydrogen) atoms. The summed E-state index contributed by atoms with van der Waals surface area (Å²) in [5.41, 5.74) is 11.4. The van der Waals surface area contributed by atoms with Crippen molar-refractivity contribution in [1.29, 1.82) is 0 Å². The third kappa shape index (κ3) is 9.27. The van der Waals surface area contributed by atoms with E-state index in [9.17, 15) is 0 Å². The monoisotopic (exact) mass is 931 g/mol. The van der Waals surface area contributed by atoms with Gasteiger partial charge in [0, 0.05) is 32.7 Å². The SMILES string of the molecule is [C-]#[N+]c1ccc(-n2c(-c3ccc(OCCCCCC)c(OCCCCCC)c3)nc3c4cc(-c5ccc(CBr)cc5)ccc4c4ccc(-c5ccc(CBr)cc5)cc4c32)cc1. The predicted octanol–water partition coefficient (Wildman–Crippen LogP) is 16.6. The highest BCUT2D eigenvalue weighted by Gasteiger charge is 2.23. The fraction of sp³-hybridized carbons (Fsp3) is 0.259. The summed E-state index contributed by atoms with van der Waals surface area (Å²) in [4.78, 5) is 9.38. The lowest BCUT2D eigenvalue weighted by Crippen LogP contribution is -2.04. The van der Waals surface area contributed by atoms with Crippen molar-refractivity contribution in [3.05, 3.63) is 150 Å². The summed E-state index contributed by atoms with van der Waals surface area (Å²) in [5.74, 6) is 2.30. The third-order valence-electron chi connectivity index (χ3n) is 11.5. The van der Waals surface area contributed by atoms with Crippen LogP contribution in [0.3, 0.4) is 0 Å². The minimum Gasteiger partial charge on any atom is -0.490 e. The first-order valence-electron chi connectivity index (χ1n) is 21.6. The molecule has 0 radical (unpaired) electrons. The molecule has 0 saturated heterocycles. The molecule has 5 nitrogen and oxygen atoms in total. The third-order valence-corrected chi connectivity index (χ3v) is 12.8. The highest BCUT2D eigenvalue weighted by atomic mass is 79.9. The first-order chi connectivity index (χ1) is 30.0. The van der Waals surface area contributed by atoms with Gasteiger partial charge in [-0.3, -0.25) is 4.57 Å². The van der Waals surface area contributed by atoms with Gasteiger partial charge in [-0.2, -0.15) is 0 Å². The molecule has 0 atom stereocenters. The second-order valence-corrected chi connectivity index (χ2v) is 16.9. The van der Waals surface area contributed by atoms with Crippen molar-refractivity contribution < 1.29 is 9.47 Å². The summed E-state index contributed by atoms with van der Waals surface area (Å²) >= 11 is 7.22. The van der Waals surface area contributed by atoms with Gasteiger partial charge in [-0.05, 0) is 99.5 Å². The standard InChI is InChI=1S/C54H51Br2N3O2/c1-4-6-8-10-30-60-50-29-22-43(34-51(50)61-31-11-9-7-5-2)54-58-52-48-32-41(39-16-12-37(35-55)13-17-39)20-27-46(48)47-28-21-42(40-18-14-38(36-56)15-19-40)33-49(47)53(52)59(54)45-25-23-44(57-3)24-26-45/h12-29,32-34H,4-11,30-31,35-36H2,1-2H3. The van der Waals surface area contributed by atoms with Gasteiger partial charge in [-0.25, -0.2) is 9.83 Å². The first kappa shape index (κ1) is 42.3. The van der Waals surface area contributed by atoms with Crippen LogP contribution in [-0.2, 0) is 10.7 Å². The molecule has 0 bridgehead atoms. The van der Waals surface area contributed by atoms with E-state index in [1.54, 1.807) is 0 Å². The van der Waals surface area contributed by atoms with Crippen LogP contribution in [-0.4, -0.2) is 22.8 Å². The Morgan fingerprint density at radius 2 is 1.05 bits per heavy atom. The van der Waals surface area contributed by atoms with E-state index in [1.165, 1.54) is 36.8 Å². The molecular formula is C54H51Br2N3O2. The maximum atomic E-state index is 7.73. The second kappa shape index (κ2) is 20.0. The summed E-state index contributed by atoms with van der Waals surface area (Å²) in [6.07, 6.45) is 9.02. The zero-order chi connectivity index (χ0) is 42.1. The number of alkyl halides is 2. The second-order valence-electron chi connectivity index (χ2n) is 15.8. The van der Waals surface area contributed by atoms with Crippen LogP contribution in [0.4, 0.5) is 5.69 Å². The number of imidazole rings is 1. The van der Waals surface area contributed by atoms with Gasteiger partial charge in [0.15, 0.2) is 17.2 Å². The van der Waals surface area contributed by atoms with Crippen LogP contribution in [0.5, 0.6) is 11.5 Å². The van der Waals surface area contributed by atoms with Crippen molar-refractivity contribution in [2.75, 3.05) is 13.2 Å². The van der Waals surface area contributed by atoms with Crippen molar-refractivity contribution in [3.8, 4) is 50.8 Å². The maximum Gasteiger partial charge on any atom is 0.187 e. The topological polar surface area (TPSA) is 40.6 Å². The number of benzene rings is 7. The van der Waals surface area contributed by atoms with Crippen LogP contribution in [0.15, 0.2) is 127 Å². The van der Waals surface area contributed by atoms with Gasteiger partial charge in [-0.15, -0.1) is 0 Å². The van der Waals surface area contributed by atoms with E-state index < -0.39 is 0 Å². The van der Waals surface area contributed by atoms with E-state index >= 15 is 0 Å². The van der Waals surface area contributed by atoms with Gasteiger partial charge in [0.1, 0.15) is 5.82 Å². The molecule has 308 valence electrons. The molecule has 0 N–H and O–H groups in total. The Hall–Kier alpha value is -5.42. The highest BCUT2D eigenvalue weighted by molar-refractivity contribution is 9.08. The average molecular weight is 934 g/mol. The molecule has 1 heterocycles. The minimum atomic E-state index is 0.592. The lowest BCUT2D eigenvalue weighted by Gasteiger charge is -2.16. The lowest BCUT2D eigenvalue weighted by molar-refractivity contribution is 0.259. The van der Waals surface area contributed by atoms with E-state index in [2.05, 4.69) is 158 Å². The molecule has 8 aromatic rings. The molecule has 0 aliphatic heterocycles. The van der Waals surface area contributed by atoms with Crippen LogP contribution in [0.1, 0.15) is 76.3 Å². The Morgan fingerprint density at radius 1 is 0.525 bits per heavy atom. The molecule has 7 heteroatoms. The summed E-state index contributed by atoms with van der Waals surface area (Å²) in [6, 6.07) is 45.3. The van der Waals surface area contributed by atoms with Crippen molar-refractivity contribution in [1.82, 2.24) is 9.55 Å². The molecule has 0 fully saturated rings. The van der Waals surface area contributed by atoms with Crippen LogP contribution in [0, 0.1) is 6.57 Å².